The van der Waals surface area contributed by atoms with Crippen molar-refractivity contribution in [3.8, 4) is 0 Å². The lowest BCUT2D eigenvalue weighted by Gasteiger charge is -2.18. The molecule has 0 spiro atoms. The van der Waals surface area contributed by atoms with E-state index in [2.05, 4.69) is 17.3 Å². The molecule has 2 aliphatic rings. The Bertz CT molecular complexity index is 993. The molecule has 6 nitrogen and oxygen atoms in total. The first kappa shape index (κ1) is 19.9. The first-order chi connectivity index (χ1) is 13.6. The van der Waals surface area contributed by atoms with Gasteiger partial charge in [-0.15, -0.1) is 11.3 Å². The second kappa shape index (κ2) is 7.16. The molecule has 10 heteroatoms. The van der Waals surface area contributed by atoms with Crippen molar-refractivity contribution >= 4 is 28.2 Å². The monoisotopic (exact) mass is 426 g/mol. The number of aromatic nitrogens is 2. The van der Waals surface area contributed by atoms with Crippen LogP contribution in [0.2, 0.25) is 0 Å². The van der Waals surface area contributed by atoms with E-state index in [-0.39, 0.29) is 12.1 Å². The largest absolute Gasteiger partial charge is 0.435 e. The maximum atomic E-state index is 13.2. The van der Waals surface area contributed by atoms with Gasteiger partial charge in [0.25, 0.3) is 5.91 Å². The Kier molecular flexibility index (Phi) is 4.92. The molecule has 0 saturated heterocycles. The number of thiophene rings is 1. The van der Waals surface area contributed by atoms with E-state index >= 15 is 0 Å². The van der Waals surface area contributed by atoms with Crippen molar-refractivity contribution < 1.29 is 22.8 Å². The first-order valence-corrected chi connectivity index (χ1v) is 10.4. The molecule has 0 aliphatic heterocycles. The molecule has 0 saturated carbocycles. The number of hydrogen-bond acceptors (Lipinski definition) is 4. The number of hydrogen-bond donors (Lipinski definition) is 2. The van der Waals surface area contributed by atoms with Gasteiger partial charge in [-0.2, -0.15) is 18.3 Å². The third-order valence-electron chi connectivity index (χ3n) is 5.58. The highest BCUT2D eigenvalue weighted by atomic mass is 32.1. The predicted octanol–water partition coefficient (Wildman–Crippen LogP) is 3.31. The molecule has 0 aromatic carbocycles. The Hall–Kier alpha value is -2.36. The fourth-order valence-electron chi connectivity index (χ4n) is 4.27. The van der Waals surface area contributed by atoms with Crippen molar-refractivity contribution in [1.82, 2.24) is 9.78 Å². The molecule has 0 bridgehead atoms. The number of rotatable bonds is 4. The third kappa shape index (κ3) is 3.65. The highest BCUT2D eigenvalue weighted by molar-refractivity contribution is 7.17. The Morgan fingerprint density at radius 1 is 1.28 bits per heavy atom. The standard InChI is InChI=1S/C19H21F3N4O2S/c1-9-5-6-11-13(7-9)29-18(15(11)17(23)28)24-14(27)8-26-12-4-2-3-10(12)16(25-26)19(20,21)22/h9H,2-8H2,1H3,(H2,23,28)(H,24,27)/t9-/m1/s1. The summed E-state index contributed by atoms with van der Waals surface area (Å²) in [6, 6.07) is 0. The first-order valence-electron chi connectivity index (χ1n) is 9.55. The van der Waals surface area contributed by atoms with Crippen LogP contribution in [0.15, 0.2) is 0 Å². The summed E-state index contributed by atoms with van der Waals surface area (Å²) in [5, 5.41) is 6.72. The molecule has 2 aliphatic carbocycles. The molecule has 2 heterocycles. The zero-order valence-electron chi connectivity index (χ0n) is 15.9. The highest BCUT2D eigenvalue weighted by Gasteiger charge is 2.40. The second-order valence-electron chi connectivity index (χ2n) is 7.75. The van der Waals surface area contributed by atoms with Crippen molar-refractivity contribution in [2.24, 2.45) is 11.7 Å². The number of alkyl halides is 3. The third-order valence-corrected chi connectivity index (χ3v) is 6.75. The van der Waals surface area contributed by atoms with E-state index in [9.17, 15) is 22.8 Å². The molecule has 2 amide bonds. The van der Waals surface area contributed by atoms with Crippen LogP contribution in [0, 0.1) is 5.92 Å². The maximum Gasteiger partial charge on any atom is 0.435 e. The van der Waals surface area contributed by atoms with Gasteiger partial charge in [0.05, 0.1) is 5.56 Å². The number of carbonyl (C=O) groups is 2. The lowest BCUT2D eigenvalue weighted by Crippen LogP contribution is -2.23. The predicted molar refractivity (Wildman–Crippen MR) is 102 cm³/mol. The molecule has 4 rings (SSSR count). The quantitative estimate of drug-likeness (QED) is 0.786. The van der Waals surface area contributed by atoms with Crippen LogP contribution >= 0.6 is 11.3 Å². The molecule has 29 heavy (non-hydrogen) atoms. The number of nitrogens with two attached hydrogens (primary N) is 1. The Morgan fingerprint density at radius 3 is 2.72 bits per heavy atom. The smallest absolute Gasteiger partial charge is 0.365 e. The van der Waals surface area contributed by atoms with Crippen LogP contribution in [-0.2, 0) is 43.2 Å². The van der Waals surface area contributed by atoms with Gasteiger partial charge in [0.1, 0.15) is 11.5 Å². The normalized spacial score (nSPS) is 18.4. The average molecular weight is 426 g/mol. The number of carbonyl (C=O) groups excluding carboxylic acids is 2. The molecule has 2 aromatic heterocycles. The van der Waals surface area contributed by atoms with E-state index in [0.29, 0.717) is 41.4 Å². The van der Waals surface area contributed by atoms with Crippen LogP contribution in [0.3, 0.4) is 0 Å². The zero-order chi connectivity index (χ0) is 20.9. The molecule has 2 aromatic rings. The van der Waals surface area contributed by atoms with Crippen LogP contribution in [0.25, 0.3) is 0 Å². The van der Waals surface area contributed by atoms with Gasteiger partial charge in [-0.3, -0.25) is 14.3 Å². The number of halogens is 3. The summed E-state index contributed by atoms with van der Waals surface area (Å²) in [4.78, 5) is 25.6. The Labute approximate surface area is 169 Å². The maximum absolute atomic E-state index is 13.2. The number of nitrogens with one attached hydrogen (secondary N) is 1. The van der Waals surface area contributed by atoms with Gasteiger partial charge in [0, 0.05) is 16.1 Å². The van der Waals surface area contributed by atoms with Crippen molar-refractivity contribution in [1.29, 1.82) is 0 Å². The van der Waals surface area contributed by atoms with Gasteiger partial charge >= 0.3 is 6.18 Å². The summed E-state index contributed by atoms with van der Waals surface area (Å²) < 4.78 is 40.8. The van der Waals surface area contributed by atoms with Crippen LogP contribution in [0.4, 0.5) is 18.2 Å². The fourth-order valence-corrected chi connectivity index (χ4v) is 5.70. The summed E-state index contributed by atoms with van der Waals surface area (Å²) in [5.41, 5.74) is 6.49. The number of fused-ring (bicyclic) bond motifs is 2. The lowest BCUT2D eigenvalue weighted by atomic mass is 9.88. The van der Waals surface area contributed by atoms with Gasteiger partial charge in [0.2, 0.25) is 5.91 Å². The van der Waals surface area contributed by atoms with E-state index in [0.717, 1.165) is 34.4 Å². The molecule has 156 valence electrons. The molecule has 0 radical (unpaired) electrons. The van der Waals surface area contributed by atoms with Crippen molar-refractivity contribution in [2.45, 2.75) is 58.2 Å². The van der Waals surface area contributed by atoms with Crippen LogP contribution < -0.4 is 11.1 Å². The molecule has 0 fully saturated rings. The average Bonchev–Trinajstić information content (AvgIpc) is 3.27. The molecule has 1 atom stereocenters. The van der Waals surface area contributed by atoms with E-state index in [1.54, 1.807) is 0 Å². The number of amides is 2. The van der Waals surface area contributed by atoms with E-state index < -0.39 is 23.7 Å². The van der Waals surface area contributed by atoms with Crippen LogP contribution in [0.5, 0.6) is 0 Å². The lowest BCUT2D eigenvalue weighted by molar-refractivity contribution is -0.142. The Morgan fingerprint density at radius 2 is 2.03 bits per heavy atom. The fraction of sp³-hybridized carbons (Fsp3) is 0.526. The van der Waals surface area contributed by atoms with Gasteiger partial charge in [-0.05, 0) is 50.0 Å². The molecule has 0 unspecified atom stereocenters. The topological polar surface area (TPSA) is 90.0 Å². The SMILES string of the molecule is C[C@@H]1CCc2c(sc(NC(=O)Cn3nc(C(F)(F)F)c4c3CCC4)c2C(N)=O)C1. The van der Waals surface area contributed by atoms with Gasteiger partial charge in [-0.1, -0.05) is 6.92 Å². The van der Waals surface area contributed by atoms with Crippen molar-refractivity contribution in [2.75, 3.05) is 5.32 Å². The summed E-state index contributed by atoms with van der Waals surface area (Å²) in [5.74, 6) is -0.644. The molecular formula is C19H21F3N4O2S. The van der Waals surface area contributed by atoms with E-state index in [1.807, 2.05) is 0 Å². The number of primary amides is 1. The minimum absolute atomic E-state index is 0.184. The van der Waals surface area contributed by atoms with E-state index in [4.69, 9.17) is 5.73 Å². The summed E-state index contributed by atoms with van der Waals surface area (Å²) in [7, 11) is 0. The Balaban J connectivity index is 1.58. The molecular weight excluding hydrogens is 405 g/mol. The van der Waals surface area contributed by atoms with Crippen molar-refractivity contribution in [3.63, 3.8) is 0 Å². The second-order valence-corrected chi connectivity index (χ2v) is 8.86. The summed E-state index contributed by atoms with van der Waals surface area (Å²) in [6.45, 7) is 1.79. The summed E-state index contributed by atoms with van der Waals surface area (Å²) >= 11 is 1.33. The highest BCUT2D eigenvalue weighted by Crippen LogP contribution is 2.40. The zero-order valence-corrected chi connectivity index (χ0v) is 16.7. The van der Waals surface area contributed by atoms with Gasteiger partial charge < -0.3 is 11.1 Å². The van der Waals surface area contributed by atoms with Crippen molar-refractivity contribution in [3.05, 3.63) is 33.0 Å². The van der Waals surface area contributed by atoms with Crippen LogP contribution in [-0.4, -0.2) is 21.6 Å². The van der Waals surface area contributed by atoms with E-state index in [1.165, 1.54) is 11.3 Å². The van der Waals surface area contributed by atoms with Crippen LogP contribution in [0.1, 0.15) is 57.5 Å². The minimum Gasteiger partial charge on any atom is -0.365 e. The minimum atomic E-state index is -4.54. The molecule has 3 N–H and O–H groups in total. The summed E-state index contributed by atoms with van der Waals surface area (Å²) in [6.07, 6.45) is -0.674. The van der Waals surface area contributed by atoms with Gasteiger partial charge in [-0.25, -0.2) is 0 Å². The van der Waals surface area contributed by atoms with Gasteiger partial charge in [0.15, 0.2) is 5.69 Å². The number of anilines is 1. The number of nitrogens with zero attached hydrogens (tertiary/aromatic N) is 2.